The zero-order chi connectivity index (χ0) is 23.5. The molecule has 0 unspecified atom stereocenters. The van der Waals surface area contributed by atoms with E-state index in [1.165, 1.54) is 0 Å². The highest BCUT2D eigenvalue weighted by Crippen LogP contribution is 2.69. The molecule has 0 heterocycles. The standard InChI is InChI=1S/C25H44O6S/c1-5-17-21-14-16(26)8-11-25(21,4)20-9-12-24(3)18(6-7-19(24)22(20)23(17)27)15(2)10-13-31-32(28,29)30/h15-23,26-27H,5-14H2,1-4H3,(H,28,29,30)/t15-,16-,17-,18-,19+,20+,21+,22+,23-,24-,25-/m1/s1. The van der Waals surface area contributed by atoms with Crippen LogP contribution in [0.25, 0.3) is 0 Å². The molecule has 6 nitrogen and oxygen atoms in total. The zero-order valence-corrected chi connectivity index (χ0v) is 21.1. The predicted molar refractivity (Wildman–Crippen MR) is 123 cm³/mol. The molecule has 0 radical (unpaired) electrons. The lowest BCUT2D eigenvalue weighted by molar-refractivity contribution is -0.203. The normalized spacial score (nSPS) is 49.7. The fraction of sp³-hybridized carbons (Fsp3) is 1.00. The summed E-state index contributed by atoms with van der Waals surface area (Å²) in [5.41, 5.74) is 0.355. The third kappa shape index (κ3) is 4.08. The number of fused-ring (bicyclic) bond motifs is 5. The van der Waals surface area contributed by atoms with E-state index in [4.69, 9.17) is 4.55 Å². The second-order valence-electron chi connectivity index (χ2n) is 12.1. The zero-order valence-electron chi connectivity index (χ0n) is 20.2. The smallest absolute Gasteiger partial charge is 0.393 e. The minimum absolute atomic E-state index is 0.0198. The summed E-state index contributed by atoms with van der Waals surface area (Å²) in [5, 5.41) is 22.1. The Kier molecular flexibility index (Phi) is 6.83. The van der Waals surface area contributed by atoms with Crippen LogP contribution in [0.15, 0.2) is 0 Å². The van der Waals surface area contributed by atoms with E-state index in [0.717, 1.165) is 51.4 Å². The van der Waals surface area contributed by atoms with Crippen molar-refractivity contribution in [2.45, 2.75) is 97.7 Å². The van der Waals surface area contributed by atoms with Crippen LogP contribution in [-0.4, -0.2) is 42.0 Å². The van der Waals surface area contributed by atoms with Gasteiger partial charge in [0.25, 0.3) is 0 Å². The quantitative estimate of drug-likeness (QED) is 0.493. The molecule has 32 heavy (non-hydrogen) atoms. The van der Waals surface area contributed by atoms with Gasteiger partial charge in [0.05, 0.1) is 18.8 Å². The van der Waals surface area contributed by atoms with Gasteiger partial charge in [-0.05, 0) is 104 Å². The first kappa shape index (κ1) is 24.9. The van der Waals surface area contributed by atoms with Gasteiger partial charge in [0, 0.05) is 0 Å². The summed E-state index contributed by atoms with van der Waals surface area (Å²) in [4.78, 5) is 0. The van der Waals surface area contributed by atoms with Gasteiger partial charge < -0.3 is 10.2 Å². The average Bonchev–Trinajstić information content (AvgIpc) is 3.06. The lowest BCUT2D eigenvalue weighted by atomic mass is 9.41. The predicted octanol–water partition coefficient (Wildman–Crippen LogP) is 4.46. The van der Waals surface area contributed by atoms with E-state index >= 15 is 0 Å². The molecule has 0 bridgehead atoms. The van der Waals surface area contributed by atoms with E-state index in [9.17, 15) is 18.6 Å². The van der Waals surface area contributed by atoms with Crippen LogP contribution in [-0.2, 0) is 14.6 Å². The lowest BCUT2D eigenvalue weighted by Crippen LogP contribution is -2.62. The van der Waals surface area contributed by atoms with Crippen molar-refractivity contribution < 1.29 is 27.4 Å². The maximum absolute atomic E-state index is 11.7. The maximum Gasteiger partial charge on any atom is 0.397 e. The van der Waals surface area contributed by atoms with E-state index in [0.29, 0.717) is 41.9 Å². The number of aliphatic hydroxyl groups excluding tert-OH is 2. The van der Waals surface area contributed by atoms with Crippen LogP contribution in [0.5, 0.6) is 0 Å². The Bertz CT molecular complexity index is 785. The van der Waals surface area contributed by atoms with Crippen molar-refractivity contribution in [3.05, 3.63) is 0 Å². The minimum atomic E-state index is -4.39. The molecule has 186 valence electrons. The molecule has 7 heteroatoms. The van der Waals surface area contributed by atoms with Crippen LogP contribution in [0, 0.1) is 52.3 Å². The van der Waals surface area contributed by atoms with Gasteiger partial charge in [-0.2, -0.15) is 8.42 Å². The van der Waals surface area contributed by atoms with Crippen molar-refractivity contribution in [3.8, 4) is 0 Å². The van der Waals surface area contributed by atoms with Gasteiger partial charge in [0.15, 0.2) is 0 Å². The summed E-state index contributed by atoms with van der Waals surface area (Å²) >= 11 is 0. The Morgan fingerprint density at radius 2 is 1.66 bits per heavy atom. The summed E-state index contributed by atoms with van der Waals surface area (Å²) in [7, 11) is -4.39. The molecule has 3 N–H and O–H groups in total. The Labute approximate surface area is 194 Å². The van der Waals surface area contributed by atoms with Gasteiger partial charge in [-0.25, -0.2) is 4.18 Å². The Balaban J connectivity index is 1.56. The number of hydrogen-bond donors (Lipinski definition) is 3. The molecule has 0 amide bonds. The van der Waals surface area contributed by atoms with Crippen molar-refractivity contribution in [1.82, 2.24) is 0 Å². The molecule has 0 saturated heterocycles. The van der Waals surface area contributed by atoms with Crippen LogP contribution in [0.3, 0.4) is 0 Å². The van der Waals surface area contributed by atoms with Crippen molar-refractivity contribution >= 4 is 10.4 Å². The average molecular weight is 473 g/mol. The fourth-order valence-electron chi connectivity index (χ4n) is 9.47. The third-order valence-electron chi connectivity index (χ3n) is 11.0. The number of rotatable bonds is 6. The molecular formula is C25H44O6S. The maximum atomic E-state index is 11.7. The fourth-order valence-corrected chi connectivity index (χ4v) is 9.78. The highest BCUT2D eigenvalue weighted by atomic mass is 32.3. The first-order valence-electron chi connectivity index (χ1n) is 12.9. The molecule has 4 fully saturated rings. The van der Waals surface area contributed by atoms with Gasteiger partial charge >= 0.3 is 10.4 Å². The highest BCUT2D eigenvalue weighted by Gasteiger charge is 2.64. The summed E-state index contributed by atoms with van der Waals surface area (Å²) in [6.45, 7) is 9.28. The van der Waals surface area contributed by atoms with Gasteiger partial charge in [0.2, 0.25) is 0 Å². The second kappa shape index (κ2) is 8.78. The van der Waals surface area contributed by atoms with Gasteiger partial charge in [0.1, 0.15) is 0 Å². The Hall–Kier alpha value is -0.210. The van der Waals surface area contributed by atoms with Gasteiger partial charge in [-0.1, -0.05) is 34.1 Å². The largest absolute Gasteiger partial charge is 0.397 e. The first-order valence-corrected chi connectivity index (χ1v) is 14.3. The molecule has 0 aliphatic heterocycles. The van der Waals surface area contributed by atoms with Crippen LogP contribution in [0.2, 0.25) is 0 Å². The monoisotopic (exact) mass is 472 g/mol. The second-order valence-corrected chi connectivity index (χ2v) is 13.2. The molecule has 0 aromatic carbocycles. The molecule has 4 saturated carbocycles. The molecule has 4 aliphatic carbocycles. The number of hydrogen-bond acceptors (Lipinski definition) is 5. The summed E-state index contributed by atoms with van der Waals surface area (Å²) in [6, 6.07) is 0. The molecule has 11 atom stereocenters. The summed E-state index contributed by atoms with van der Waals surface area (Å²) in [5.74, 6) is 2.78. The van der Waals surface area contributed by atoms with Crippen molar-refractivity contribution in [2.75, 3.05) is 6.61 Å². The van der Waals surface area contributed by atoms with E-state index in [1.807, 2.05) is 0 Å². The first-order chi connectivity index (χ1) is 14.9. The lowest BCUT2D eigenvalue weighted by Gasteiger charge is -2.64. The van der Waals surface area contributed by atoms with Crippen LogP contribution in [0.1, 0.15) is 85.5 Å². The van der Waals surface area contributed by atoms with Crippen molar-refractivity contribution in [2.24, 2.45) is 52.3 Å². The van der Waals surface area contributed by atoms with Gasteiger partial charge in [-0.3, -0.25) is 4.55 Å². The van der Waals surface area contributed by atoms with Gasteiger partial charge in [-0.15, -0.1) is 0 Å². The van der Waals surface area contributed by atoms with E-state index in [2.05, 4.69) is 31.9 Å². The molecule has 4 rings (SSSR count). The van der Waals surface area contributed by atoms with Crippen molar-refractivity contribution in [3.63, 3.8) is 0 Å². The minimum Gasteiger partial charge on any atom is -0.393 e. The molecule has 4 aliphatic rings. The SMILES string of the molecule is CC[C@H]1[C@@H](O)[C@@H]2[C@H](CC[C@]3(C)[C@@H]([C@H](C)CCOS(=O)(=O)O)CC[C@@H]23)[C@@]2(C)CC[C@@H](O)C[C@@H]12. The number of aliphatic hydroxyl groups is 2. The Morgan fingerprint density at radius 3 is 2.31 bits per heavy atom. The third-order valence-corrected chi connectivity index (χ3v) is 11.4. The van der Waals surface area contributed by atoms with E-state index in [-0.39, 0.29) is 35.6 Å². The van der Waals surface area contributed by atoms with Crippen LogP contribution in [0.4, 0.5) is 0 Å². The summed E-state index contributed by atoms with van der Waals surface area (Å²) < 4.78 is 35.4. The summed E-state index contributed by atoms with van der Waals surface area (Å²) in [6.07, 6.45) is 8.38. The molecule has 0 spiro atoms. The van der Waals surface area contributed by atoms with E-state index in [1.54, 1.807) is 0 Å². The highest BCUT2D eigenvalue weighted by molar-refractivity contribution is 7.80. The molecule has 0 aromatic rings. The van der Waals surface area contributed by atoms with E-state index < -0.39 is 10.4 Å². The molecule has 0 aromatic heterocycles. The topological polar surface area (TPSA) is 104 Å². The molecular weight excluding hydrogens is 428 g/mol. The van der Waals surface area contributed by atoms with Crippen molar-refractivity contribution in [1.29, 1.82) is 0 Å². The Morgan fingerprint density at radius 1 is 1.00 bits per heavy atom. The van der Waals surface area contributed by atoms with Crippen LogP contribution >= 0.6 is 0 Å². The van der Waals surface area contributed by atoms with Crippen LogP contribution < -0.4 is 0 Å².